The van der Waals surface area contributed by atoms with Crippen LogP contribution in [0.3, 0.4) is 0 Å². The van der Waals surface area contributed by atoms with Gasteiger partial charge >= 0.3 is 0 Å². The highest BCUT2D eigenvalue weighted by Crippen LogP contribution is 2.22. The molecule has 5 heteroatoms. The molecule has 2 aromatic rings. The summed E-state index contributed by atoms with van der Waals surface area (Å²) < 4.78 is 0. The molecule has 1 aromatic heterocycles. The Morgan fingerprint density at radius 3 is 2.33 bits per heavy atom. The van der Waals surface area contributed by atoms with Crippen molar-refractivity contribution in [1.29, 1.82) is 0 Å². The lowest BCUT2D eigenvalue weighted by atomic mass is 10.2. The Balaban J connectivity index is 1.75. The molecule has 0 radical (unpaired) electrons. The third-order valence-electron chi connectivity index (χ3n) is 4.41. The zero-order valence-electron chi connectivity index (χ0n) is 14.2. The van der Waals surface area contributed by atoms with Gasteiger partial charge in [-0.25, -0.2) is 9.97 Å². The summed E-state index contributed by atoms with van der Waals surface area (Å²) in [5.74, 6) is 0.759. The van der Waals surface area contributed by atoms with Crippen LogP contribution in [0.15, 0.2) is 42.7 Å². The Morgan fingerprint density at radius 1 is 1.04 bits per heavy atom. The first-order valence-corrected chi connectivity index (χ1v) is 8.73. The molecule has 1 fully saturated rings. The topological polar surface area (TPSA) is 49.3 Å². The number of rotatable bonds is 4. The average Bonchev–Trinajstić information content (AvgIpc) is 2.93. The Hall–Kier alpha value is -2.43. The zero-order valence-corrected chi connectivity index (χ0v) is 14.2. The second-order valence-corrected chi connectivity index (χ2v) is 6.05. The maximum atomic E-state index is 12.6. The van der Waals surface area contributed by atoms with Crippen LogP contribution in [-0.2, 0) is 0 Å². The molecule has 1 saturated heterocycles. The van der Waals surface area contributed by atoms with Crippen LogP contribution in [0.25, 0.3) is 0 Å². The van der Waals surface area contributed by atoms with E-state index in [4.69, 9.17) is 0 Å². The van der Waals surface area contributed by atoms with E-state index in [1.807, 2.05) is 35.2 Å². The van der Waals surface area contributed by atoms with E-state index in [0.717, 1.165) is 44.0 Å². The largest absolute Gasteiger partial charge is 0.337 e. The normalized spacial score (nSPS) is 15.0. The first kappa shape index (κ1) is 16.4. The van der Waals surface area contributed by atoms with Crippen LogP contribution in [0.5, 0.6) is 0 Å². The number of hydrogen-bond acceptors (Lipinski definition) is 4. The summed E-state index contributed by atoms with van der Waals surface area (Å²) >= 11 is 0. The van der Waals surface area contributed by atoms with Crippen LogP contribution >= 0.6 is 0 Å². The molecule has 0 bridgehead atoms. The minimum atomic E-state index is -0.00119. The molecule has 2 heterocycles. The van der Waals surface area contributed by atoms with Crippen molar-refractivity contribution >= 4 is 17.4 Å². The van der Waals surface area contributed by atoms with Crippen LogP contribution in [0, 0.1) is 0 Å². The third-order valence-corrected chi connectivity index (χ3v) is 4.41. The van der Waals surface area contributed by atoms with Crippen molar-refractivity contribution in [3.05, 3.63) is 48.4 Å². The third kappa shape index (κ3) is 3.72. The lowest BCUT2D eigenvalue weighted by Gasteiger charge is -2.22. The van der Waals surface area contributed by atoms with Crippen molar-refractivity contribution in [3.8, 4) is 0 Å². The predicted octanol–water partition coefficient (Wildman–Crippen LogP) is 3.65. The number of para-hydroxylation sites is 1. The Morgan fingerprint density at radius 2 is 1.75 bits per heavy atom. The number of anilines is 2. The number of hydrogen-bond donors (Lipinski definition) is 0. The van der Waals surface area contributed by atoms with Crippen molar-refractivity contribution in [2.24, 2.45) is 0 Å². The number of aromatic nitrogens is 2. The Kier molecular flexibility index (Phi) is 5.41. The van der Waals surface area contributed by atoms with Gasteiger partial charge in [0, 0.05) is 25.3 Å². The van der Waals surface area contributed by atoms with Gasteiger partial charge in [-0.1, -0.05) is 31.0 Å². The van der Waals surface area contributed by atoms with Gasteiger partial charge in [0.2, 0.25) is 0 Å². The molecular formula is C19H24N4O. The van der Waals surface area contributed by atoms with Crippen molar-refractivity contribution in [2.75, 3.05) is 24.5 Å². The molecule has 3 rings (SSSR count). The van der Waals surface area contributed by atoms with E-state index in [1.165, 1.54) is 12.8 Å². The quantitative estimate of drug-likeness (QED) is 0.861. The maximum Gasteiger partial charge on any atom is 0.274 e. The molecule has 0 aliphatic carbocycles. The molecule has 126 valence electrons. The summed E-state index contributed by atoms with van der Waals surface area (Å²) in [6.45, 7) is 4.52. The number of benzene rings is 1. The van der Waals surface area contributed by atoms with E-state index >= 15 is 0 Å². The average molecular weight is 324 g/mol. The van der Waals surface area contributed by atoms with Gasteiger partial charge in [0.25, 0.3) is 5.91 Å². The first-order valence-electron chi connectivity index (χ1n) is 8.73. The van der Waals surface area contributed by atoms with Crippen molar-refractivity contribution in [2.45, 2.75) is 32.6 Å². The highest BCUT2D eigenvalue weighted by atomic mass is 16.2. The molecule has 1 amide bonds. The van der Waals surface area contributed by atoms with Gasteiger partial charge in [0.05, 0.1) is 12.4 Å². The predicted molar refractivity (Wildman–Crippen MR) is 95.5 cm³/mol. The SMILES string of the molecule is CCN(c1ccccc1)c1cnc(C(=O)N2CCCCCC2)cn1. The minimum Gasteiger partial charge on any atom is -0.337 e. The van der Waals surface area contributed by atoms with E-state index in [0.29, 0.717) is 5.69 Å². The standard InChI is InChI=1S/C19H24N4O/c1-2-23(16-10-6-5-7-11-16)18-15-20-17(14-21-18)19(24)22-12-8-3-4-9-13-22/h5-7,10-11,14-15H,2-4,8-9,12-13H2,1H3. The number of nitrogens with zero attached hydrogens (tertiary/aromatic N) is 4. The van der Waals surface area contributed by atoms with Crippen LogP contribution in [0.2, 0.25) is 0 Å². The molecule has 5 nitrogen and oxygen atoms in total. The first-order chi connectivity index (χ1) is 11.8. The summed E-state index contributed by atoms with van der Waals surface area (Å²) in [6.07, 6.45) is 7.87. The Labute approximate surface area is 143 Å². The van der Waals surface area contributed by atoms with Crippen LogP contribution in [0.1, 0.15) is 43.1 Å². The molecule has 0 N–H and O–H groups in total. The lowest BCUT2D eigenvalue weighted by molar-refractivity contribution is 0.0755. The molecule has 0 spiro atoms. The Bertz CT molecular complexity index is 649. The number of amides is 1. The van der Waals surface area contributed by atoms with Gasteiger partial charge in [-0.3, -0.25) is 4.79 Å². The van der Waals surface area contributed by atoms with Crippen molar-refractivity contribution < 1.29 is 4.79 Å². The molecule has 0 unspecified atom stereocenters. The molecule has 1 aromatic carbocycles. The maximum absolute atomic E-state index is 12.6. The minimum absolute atomic E-state index is 0.00119. The van der Waals surface area contributed by atoms with Gasteiger partial charge in [0.1, 0.15) is 5.69 Å². The van der Waals surface area contributed by atoms with E-state index in [-0.39, 0.29) is 5.91 Å². The van der Waals surface area contributed by atoms with E-state index < -0.39 is 0 Å². The second kappa shape index (κ2) is 7.90. The molecule has 0 saturated carbocycles. The summed E-state index contributed by atoms with van der Waals surface area (Å²) in [5.41, 5.74) is 1.51. The van der Waals surface area contributed by atoms with E-state index in [9.17, 15) is 4.79 Å². The molecule has 1 aliphatic rings. The number of carbonyl (C=O) groups is 1. The highest BCUT2D eigenvalue weighted by molar-refractivity contribution is 5.92. The molecule has 0 atom stereocenters. The van der Waals surface area contributed by atoms with Gasteiger partial charge < -0.3 is 9.80 Å². The van der Waals surface area contributed by atoms with Crippen LogP contribution < -0.4 is 4.90 Å². The van der Waals surface area contributed by atoms with Gasteiger partial charge in [0.15, 0.2) is 5.82 Å². The summed E-state index contributed by atoms with van der Waals surface area (Å²) in [5, 5.41) is 0. The fourth-order valence-electron chi connectivity index (χ4n) is 3.09. The number of carbonyl (C=O) groups excluding carboxylic acids is 1. The van der Waals surface area contributed by atoms with Crippen molar-refractivity contribution in [3.63, 3.8) is 0 Å². The molecular weight excluding hydrogens is 300 g/mol. The van der Waals surface area contributed by atoms with Gasteiger partial charge in [-0.15, -0.1) is 0 Å². The number of likely N-dealkylation sites (tertiary alicyclic amines) is 1. The fourth-order valence-corrected chi connectivity index (χ4v) is 3.09. The lowest BCUT2D eigenvalue weighted by Crippen LogP contribution is -2.32. The summed E-state index contributed by atoms with van der Waals surface area (Å²) in [6, 6.07) is 10.1. The summed E-state index contributed by atoms with van der Waals surface area (Å²) in [4.78, 5) is 25.4. The zero-order chi connectivity index (χ0) is 16.8. The summed E-state index contributed by atoms with van der Waals surface area (Å²) in [7, 11) is 0. The van der Waals surface area contributed by atoms with Crippen LogP contribution in [-0.4, -0.2) is 40.4 Å². The van der Waals surface area contributed by atoms with Crippen LogP contribution in [0.4, 0.5) is 11.5 Å². The molecule has 24 heavy (non-hydrogen) atoms. The monoisotopic (exact) mass is 324 g/mol. The van der Waals surface area contributed by atoms with Gasteiger partial charge in [-0.2, -0.15) is 0 Å². The van der Waals surface area contributed by atoms with E-state index in [1.54, 1.807) is 12.4 Å². The second-order valence-electron chi connectivity index (χ2n) is 6.05. The molecule has 1 aliphatic heterocycles. The van der Waals surface area contributed by atoms with E-state index in [2.05, 4.69) is 21.8 Å². The fraction of sp³-hybridized carbons (Fsp3) is 0.421. The van der Waals surface area contributed by atoms with Gasteiger partial charge in [-0.05, 0) is 31.9 Å². The van der Waals surface area contributed by atoms with Crippen molar-refractivity contribution in [1.82, 2.24) is 14.9 Å². The smallest absolute Gasteiger partial charge is 0.274 e. The highest BCUT2D eigenvalue weighted by Gasteiger charge is 2.19.